The van der Waals surface area contributed by atoms with Crippen molar-refractivity contribution in [1.82, 2.24) is 10.6 Å². The predicted octanol–water partition coefficient (Wildman–Crippen LogP) is 3.34. The highest BCUT2D eigenvalue weighted by atomic mass is 16.5. The minimum atomic E-state index is -0.815. The van der Waals surface area contributed by atoms with Gasteiger partial charge in [-0.25, -0.2) is 14.4 Å². The van der Waals surface area contributed by atoms with E-state index in [9.17, 15) is 19.2 Å². The number of carbonyl (C=O) groups excluding carboxylic acids is 4. The third kappa shape index (κ3) is 7.46. The van der Waals surface area contributed by atoms with Crippen LogP contribution in [-0.2, 0) is 9.53 Å². The van der Waals surface area contributed by atoms with Crippen LogP contribution in [-0.4, -0.2) is 36.6 Å². The summed E-state index contributed by atoms with van der Waals surface area (Å²) in [6.07, 6.45) is 0. The quantitative estimate of drug-likeness (QED) is 0.527. The van der Waals surface area contributed by atoms with Crippen LogP contribution in [0.3, 0.4) is 0 Å². The number of amides is 5. The Morgan fingerprint density at radius 3 is 2.29 bits per heavy atom. The molecule has 0 heterocycles. The molecule has 0 aliphatic carbocycles. The summed E-state index contributed by atoms with van der Waals surface area (Å²) in [7, 11) is 0. The van der Waals surface area contributed by atoms with Crippen molar-refractivity contribution < 1.29 is 23.9 Å². The van der Waals surface area contributed by atoms with Crippen LogP contribution in [0, 0.1) is 13.8 Å². The second kappa shape index (κ2) is 10.8. The van der Waals surface area contributed by atoms with Crippen molar-refractivity contribution in [2.75, 3.05) is 17.2 Å². The first-order valence-electron chi connectivity index (χ1n) is 9.67. The van der Waals surface area contributed by atoms with Crippen molar-refractivity contribution >= 4 is 35.3 Å². The number of carbonyl (C=O) groups is 4. The second-order valence-electron chi connectivity index (χ2n) is 7.18. The molecule has 0 aliphatic heterocycles. The first-order chi connectivity index (χ1) is 14.7. The van der Waals surface area contributed by atoms with Crippen LogP contribution >= 0.6 is 0 Å². The van der Waals surface area contributed by atoms with Crippen molar-refractivity contribution in [3.05, 3.63) is 59.2 Å². The van der Waals surface area contributed by atoms with Gasteiger partial charge >= 0.3 is 18.0 Å². The van der Waals surface area contributed by atoms with Gasteiger partial charge in [-0.1, -0.05) is 18.2 Å². The minimum Gasteiger partial charge on any atom is -0.452 e. The van der Waals surface area contributed by atoms with E-state index < -0.39 is 30.5 Å². The van der Waals surface area contributed by atoms with Gasteiger partial charge in [-0.2, -0.15) is 0 Å². The van der Waals surface area contributed by atoms with Gasteiger partial charge in [0.15, 0.2) is 6.61 Å². The fourth-order valence-corrected chi connectivity index (χ4v) is 2.54. The number of benzene rings is 2. The number of anilines is 2. The lowest BCUT2D eigenvalue weighted by Gasteiger charge is -2.13. The Morgan fingerprint density at radius 1 is 0.903 bits per heavy atom. The number of aryl methyl sites for hydroxylation is 2. The number of esters is 1. The zero-order valence-electron chi connectivity index (χ0n) is 17.9. The molecule has 0 atom stereocenters. The van der Waals surface area contributed by atoms with Crippen LogP contribution in [0.1, 0.15) is 35.3 Å². The van der Waals surface area contributed by atoms with Gasteiger partial charge in [-0.05, 0) is 63.1 Å². The molecule has 9 nitrogen and oxygen atoms in total. The fraction of sp³-hybridized carbons (Fsp3) is 0.273. The first-order valence-corrected chi connectivity index (χ1v) is 9.67. The summed E-state index contributed by atoms with van der Waals surface area (Å²) in [5.41, 5.74) is 2.91. The first kappa shape index (κ1) is 23.4. The van der Waals surface area contributed by atoms with Crippen LogP contribution in [0.4, 0.5) is 21.0 Å². The monoisotopic (exact) mass is 426 g/mol. The Hall–Kier alpha value is -3.88. The number of imide groups is 1. The summed E-state index contributed by atoms with van der Waals surface area (Å²) < 4.78 is 4.98. The van der Waals surface area contributed by atoms with E-state index in [1.807, 2.05) is 19.9 Å². The molecule has 5 amide bonds. The summed E-state index contributed by atoms with van der Waals surface area (Å²) >= 11 is 0. The molecule has 0 aliphatic rings. The summed E-state index contributed by atoms with van der Waals surface area (Å²) in [4.78, 5) is 48.2. The van der Waals surface area contributed by atoms with Gasteiger partial charge in [0.05, 0.1) is 11.3 Å². The maximum absolute atomic E-state index is 12.3. The Bertz CT molecular complexity index is 988. The second-order valence-corrected chi connectivity index (χ2v) is 7.18. The van der Waals surface area contributed by atoms with E-state index in [0.29, 0.717) is 5.69 Å². The number of hydrogen-bond acceptors (Lipinski definition) is 5. The number of para-hydroxylation sites is 1. The molecule has 0 fully saturated rings. The third-order valence-electron chi connectivity index (χ3n) is 4.17. The topological polar surface area (TPSA) is 126 Å². The molecule has 0 saturated carbocycles. The lowest BCUT2D eigenvalue weighted by atomic mass is 10.1. The van der Waals surface area contributed by atoms with E-state index in [0.717, 1.165) is 11.1 Å². The van der Waals surface area contributed by atoms with Crippen LogP contribution in [0.2, 0.25) is 0 Å². The van der Waals surface area contributed by atoms with Crippen molar-refractivity contribution in [1.29, 1.82) is 0 Å². The number of nitrogens with one attached hydrogen (secondary N) is 4. The van der Waals surface area contributed by atoms with E-state index in [-0.39, 0.29) is 17.3 Å². The van der Waals surface area contributed by atoms with Gasteiger partial charge < -0.3 is 20.7 Å². The van der Waals surface area contributed by atoms with Crippen molar-refractivity contribution in [2.24, 2.45) is 0 Å². The average Bonchev–Trinajstić information content (AvgIpc) is 2.68. The molecule has 0 radical (unpaired) electrons. The number of rotatable bonds is 6. The SMILES string of the molecule is Cc1ccc(NC(=O)NC(=O)COC(=O)c2ccccc2NC(=O)NC(C)C)cc1C. The van der Waals surface area contributed by atoms with Gasteiger partial charge in [0.2, 0.25) is 0 Å². The fourth-order valence-electron chi connectivity index (χ4n) is 2.54. The summed E-state index contributed by atoms with van der Waals surface area (Å²) in [5, 5.41) is 9.84. The van der Waals surface area contributed by atoms with Gasteiger partial charge in [0, 0.05) is 11.7 Å². The van der Waals surface area contributed by atoms with Gasteiger partial charge in [0.25, 0.3) is 5.91 Å². The molecule has 0 saturated heterocycles. The highest BCUT2D eigenvalue weighted by molar-refractivity contribution is 6.04. The van der Waals surface area contributed by atoms with Crippen LogP contribution in [0.25, 0.3) is 0 Å². The predicted molar refractivity (Wildman–Crippen MR) is 117 cm³/mol. The molecule has 2 rings (SSSR count). The Kier molecular flexibility index (Phi) is 8.13. The highest BCUT2D eigenvalue weighted by Crippen LogP contribution is 2.16. The molecule has 2 aromatic carbocycles. The van der Waals surface area contributed by atoms with Gasteiger partial charge in [-0.3, -0.25) is 10.1 Å². The normalized spacial score (nSPS) is 10.2. The summed E-state index contributed by atoms with van der Waals surface area (Å²) in [5.74, 6) is -1.61. The molecular weight excluding hydrogens is 400 g/mol. The smallest absolute Gasteiger partial charge is 0.340 e. The van der Waals surface area contributed by atoms with Crippen LogP contribution in [0.15, 0.2) is 42.5 Å². The van der Waals surface area contributed by atoms with Crippen LogP contribution < -0.4 is 21.3 Å². The lowest BCUT2D eigenvalue weighted by Crippen LogP contribution is -2.37. The van der Waals surface area contributed by atoms with E-state index in [2.05, 4.69) is 21.3 Å². The number of ether oxygens (including phenoxy) is 1. The Balaban J connectivity index is 1.89. The summed E-state index contributed by atoms with van der Waals surface area (Å²) in [6, 6.07) is 10.3. The average molecular weight is 426 g/mol. The zero-order chi connectivity index (χ0) is 23.0. The summed E-state index contributed by atoms with van der Waals surface area (Å²) in [6.45, 7) is 6.79. The molecular formula is C22H26N4O5. The van der Waals surface area contributed by atoms with Crippen molar-refractivity contribution in [3.63, 3.8) is 0 Å². The van der Waals surface area contributed by atoms with Crippen molar-refractivity contribution in [2.45, 2.75) is 33.7 Å². The molecule has 4 N–H and O–H groups in total. The molecule has 0 aromatic heterocycles. The molecule has 9 heteroatoms. The maximum atomic E-state index is 12.3. The molecule has 164 valence electrons. The van der Waals surface area contributed by atoms with Gasteiger partial charge in [0.1, 0.15) is 0 Å². The van der Waals surface area contributed by atoms with Crippen LogP contribution in [0.5, 0.6) is 0 Å². The Morgan fingerprint density at radius 2 is 1.61 bits per heavy atom. The van der Waals surface area contributed by atoms with E-state index in [4.69, 9.17) is 4.74 Å². The zero-order valence-corrected chi connectivity index (χ0v) is 17.9. The minimum absolute atomic E-state index is 0.0776. The molecule has 0 spiro atoms. The maximum Gasteiger partial charge on any atom is 0.340 e. The highest BCUT2D eigenvalue weighted by Gasteiger charge is 2.17. The largest absolute Gasteiger partial charge is 0.452 e. The van der Waals surface area contributed by atoms with Gasteiger partial charge in [-0.15, -0.1) is 0 Å². The van der Waals surface area contributed by atoms with E-state index in [1.165, 1.54) is 12.1 Å². The van der Waals surface area contributed by atoms with E-state index >= 15 is 0 Å². The van der Waals surface area contributed by atoms with Crippen molar-refractivity contribution in [3.8, 4) is 0 Å². The standard InChI is InChI=1S/C22H26N4O5/c1-13(2)23-21(29)25-18-8-6-5-7-17(18)20(28)31-12-19(27)26-22(30)24-16-10-9-14(3)15(4)11-16/h5-11,13H,12H2,1-4H3,(H2,23,25,29)(H2,24,26,27,30). The molecule has 2 aromatic rings. The molecule has 31 heavy (non-hydrogen) atoms. The molecule has 0 bridgehead atoms. The third-order valence-corrected chi connectivity index (χ3v) is 4.17. The number of urea groups is 2. The Labute approximate surface area is 180 Å². The molecule has 0 unspecified atom stereocenters. The van der Waals surface area contributed by atoms with E-state index in [1.54, 1.807) is 38.1 Å². The lowest BCUT2D eigenvalue weighted by molar-refractivity contribution is -0.123. The number of hydrogen-bond donors (Lipinski definition) is 4.